The van der Waals surface area contributed by atoms with Crippen LogP contribution in [0.4, 0.5) is 0 Å². The van der Waals surface area contributed by atoms with E-state index in [4.69, 9.17) is 0 Å². The molecule has 2 heteroatoms. The van der Waals surface area contributed by atoms with Gasteiger partial charge in [0.25, 0.3) is 0 Å². The van der Waals surface area contributed by atoms with Gasteiger partial charge in [-0.1, -0.05) is 32.4 Å². The Morgan fingerprint density at radius 3 is 2.77 bits per heavy atom. The number of piperazine rings is 1. The lowest BCUT2D eigenvalue weighted by molar-refractivity contribution is 0.286. The Balaban J connectivity index is 2.46. The quantitative estimate of drug-likeness (QED) is 0.647. The van der Waals surface area contributed by atoms with Crippen LogP contribution in [-0.2, 0) is 0 Å². The van der Waals surface area contributed by atoms with Crippen molar-refractivity contribution >= 4 is 0 Å². The van der Waals surface area contributed by atoms with Crippen LogP contribution in [-0.4, -0.2) is 25.2 Å². The van der Waals surface area contributed by atoms with E-state index in [1.165, 1.54) is 12.0 Å². The van der Waals surface area contributed by atoms with Crippen molar-refractivity contribution in [2.45, 2.75) is 39.3 Å². The highest BCUT2D eigenvalue weighted by Gasteiger charge is 2.23. The smallest absolute Gasteiger partial charge is 0.0403 e. The lowest BCUT2D eigenvalue weighted by Gasteiger charge is -2.35. The maximum absolute atomic E-state index is 4.00. The molecule has 1 aliphatic heterocycles. The van der Waals surface area contributed by atoms with Crippen molar-refractivity contribution in [3.05, 3.63) is 12.2 Å². The van der Waals surface area contributed by atoms with Gasteiger partial charge in [0.2, 0.25) is 0 Å². The minimum Gasteiger partial charge on any atom is -0.313 e. The first-order chi connectivity index (χ1) is 6.15. The second-order valence-corrected chi connectivity index (χ2v) is 4.22. The Hall–Kier alpha value is -0.340. The molecule has 3 atom stereocenters. The molecule has 2 nitrogen and oxygen atoms in total. The van der Waals surface area contributed by atoms with E-state index < -0.39 is 0 Å². The first kappa shape index (κ1) is 10.7. The zero-order valence-corrected chi connectivity index (χ0v) is 9.06. The van der Waals surface area contributed by atoms with Crippen molar-refractivity contribution in [3.63, 3.8) is 0 Å². The molecule has 0 aromatic heterocycles. The third kappa shape index (κ3) is 2.82. The van der Waals surface area contributed by atoms with Gasteiger partial charge >= 0.3 is 0 Å². The van der Waals surface area contributed by atoms with Gasteiger partial charge in [-0.3, -0.25) is 0 Å². The van der Waals surface area contributed by atoms with Gasteiger partial charge < -0.3 is 10.6 Å². The average molecular weight is 182 g/mol. The molecule has 0 aromatic rings. The standard InChI is InChI=1S/C11H22N2/c1-5-9(4)11-7-12-6-10(13-11)8(2)3/h9-13H,2,5-7H2,1,3-4H3/t9-,10-,11?/m0/s1. The SMILES string of the molecule is C=C(C)[C@@H]1CNCC([C@@H](C)CC)N1. The predicted molar refractivity (Wildman–Crippen MR) is 57.9 cm³/mol. The van der Waals surface area contributed by atoms with E-state index in [1.807, 2.05) is 0 Å². The molecule has 13 heavy (non-hydrogen) atoms. The maximum Gasteiger partial charge on any atom is 0.0403 e. The van der Waals surface area contributed by atoms with Crippen LogP contribution in [0.1, 0.15) is 27.2 Å². The summed E-state index contributed by atoms with van der Waals surface area (Å²) in [7, 11) is 0. The summed E-state index contributed by atoms with van der Waals surface area (Å²) < 4.78 is 0. The molecule has 1 aliphatic rings. The normalized spacial score (nSPS) is 31.3. The molecule has 1 heterocycles. The first-order valence-corrected chi connectivity index (χ1v) is 5.27. The van der Waals surface area contributed by atoms with E-state index in [-0.39, 0.29) is 0 Å². The zero-order valence-electron chi connectivity index (χ0n) is 9.06. The van der Waals surface area contributed by atoms with Crippen molar-refractivity contribution in [3.8, 4) is 0 Å². The van der Waals surface area contributed by atoms with E-state index >= 15 is 0 Å². The minimum absolute atomic E-state index is 0.466. The topological polar surface area (TPSA) is 24.1 Å². The summed E-state index contributed by atoms with van der Waals surface area (Å²) in [6, 6.07) is 1.08. The van der Waals surface area contributed by atoms with E-state index in [2.05, 4.69) is 38.0 Å². The molecule has 0 bridgehead atoms. The number of nitrogens with one attached hydrogen (secondary N) is 2. The van der Waals surface area contributed by atoms with Gasteiger partial charge in [0.15, 0.2) is 0 Å². The van der Waals surface area contributed by atoms with Crippen molar-refractivity contribution in [2.24, 2.45) is 5.92 Å². The van der Waals surface area contributed by atoms with Gasteiger partial charge in [0.05, 0.1) is 0 Å². The predicted octanol–water partition coefficient (Wildman–Crippen LogP) is 1.54. The summed E-state index contributed by atoms with van der Waals surface area (Å²) in [5.74, 6) is 0.745. The highest BCUT2D eigenvalue weighted by molar-refractivity contribution is 5.06. The van der Waals surface area contributed by atoms with Crippen LogP contribution in [0.3, 0.4) is 0 Å². The summed E-state index contributed by atoms with van der Waals surface area (Å²) in [5, 5.41) is 7.10. The monoisotopic (exact) mass is 182 g/mol. The molecule has 1 saturated heterocycles. The van der Waals surface area contributed by atoms with Gasteiger partial charge in [0, 0.05) is 25.2 Å². The fraction of sp³-hybridized carbons (Fsp3) is 0.818. The summed E-state index contributed by atoms with van der Waals surface area (Å²) >= 11 is 0. The molecule has 0 radical (unpaired) electrons. The second kappa shape index (κ2) is 4.77. The number of hydrogen-bond acceptors (Lipinski definition) is 2. The summed E-state index contributed by atoms with van der Waals surface area (Å²) in [6.07, 6.45) is 1.24. The third-order valence-electron chi connectivity index (χ3n) is 3.05. The van der Waals surface area contributed by atoms with Crippen molar-refractivity contribution in [1.82, 2.24) is 10.6 Å². The maximum atomic E-state index is 4.00. The molecule has 0 amide bonds. The lowest BCUT2D eigenvalue weighted by atomic mass is 9.95. The van der Waals surface area contributed by atoms with Crippen molar-refractivity contribution < 1.29 is 0 Å². The van der Waals surface area contributed by atoms with Gasteiger partial charge in [-0.15, -0.1) is 0 Å². The third-order valence-corrected chi connectivity index (χ3v) is 3.05. The summed E-state index contributed by atoms with van der Waals surface area (Å²) in [5.41, 5.74) is 1.24. The highest BCUT2D eigenvalue weighted by Crippen LogP contribution is 2.12. The van der Waals surface area contributed by atoms with Crippen LogP contribution < -0.4 is 10.6 Å². The van der Waals surface area contributed by atoms with Crippen LogP contribution >= 0.6 is 0 Å². The largest absolute Gasteiger partial charge is 0.313 e. The van der Waals surface area contributed by atoms with Crippen molar-refractivity contribution in [2.75, 3.05) is 13.1 Å². The lowest BCUT2D eigenvalue weighted by Crippen LogP contribution is -2.57. The summed E-state index contributed by atoms with van der Waals surface area (Å²) in [4.78, 5) is 0. The number of rotatable bonds is 3. The van der Waals surface area contributed by atoms with Crippen LogP contribution in [0, 0.1) is 5.92 Å². The van der Waals surface area contributed by atoms with E-state index in [1.54, 1.807) is 0 Å². The Labute approximate surface area is 81.8 Å². The van der Waals surface area contributed by atoms with Gasteiger partial charge in [-0.25, -0.2) is 0 Å². The van der Waals surface area contributed by atoms with Crippen LogP contribution in [0.5, 0.6) is 0 Å². The van der Waals surface area contributed by atoms with Crippen LogP contribution in [0.25, 0.3) is 0 Å². The fourth-order valence-corrected chi connectivity index (χ4v) is 1.73. The molecule has 0 spiro atoms. The fourth-order valence-electron chi connectivity index (χ4n) is 1.73. The highest BCUT2D eigenvalue weighted by atomic mass is 15.1. The zero-order chi connectivity index (χ0) is 9.84. The van der Waals surface area contributed by atoms with Crippen LogP contribution in [0.15, 0.2) is 12.2 Å². The molecular formula is C11H22N2. The van der Waals surface area contributed by atoms with E-state index in [0.717, 1.165) is 19.0 Å². The molecule has 1 unspecified atom stereocenters. The molecule has 0 saturated carbocycles. The Morgan fingerprint density at radius 2 is 2.23 bits per heavy atom. The minimum atomic E-state index is 0.466. The average Bonchev–Trinajstić information content (AvgIpc) is 2.17. The molecule has 1 fully saturated rings. The number of hydrogen-bond donors (Lipinski definition) is 2. The molecule has 0 aliphatic carbocycles. The second-order valence-electron chi connectivity index (χ2n) is 4.22. The molecule has 1 rings (SSSR count). The van der Waals surface area contributed by atoms with E-state index in [9.17, 15) is 0 Å². The Kier molecular flexibility index (Phi) is 3.94. The van der Waals surface area contributed by atoms with Gasteiger partial charge in [0.1, 0.15) is 0 Å². The molecule has 0 aromatic carbocycles. The van der Waals surface area contributed by atoms with E-state index in [0.29, 0.717) is 12.1 Å². The van der Waals surface area contributed by atoms with Crippen LogP contribution in [0.2, 0.25) is 0 Å². The van der Waals surface area contributed by atoms with Gasteiger partial charge in [-0.2, -0.15) is 0 Å². The molecular weight excluding hydrogens is 160 g/mol. The molecule has 2 N–H and O–H groups in total. The van der Waals surface area contributed by atoms with Crippen molar-refractivity contribution in [1.29, 1.82) is 0 Å². The first-order valence-electron chi connectivity index (χ1n) is 5.27. The molecule has 76 valence electrons. The summed E-state index contributed by atoms with van der Waals surface area (Å²) in [6.45, 7) is 12.8. The Bertz CT molecular complexity index is 177. The Morgan fingerprint density at radius 1 is 1.54 bits per heavy atom. The van der Waals surface area contributed by atoms with Gasteiger partial charge in [-0.05, 0) is 12.8 Å².